The van der Waals surface area contributed by atoms with Crippen LogP contribution in [0, 0.1) is 5.92 Å². The molecule has 25 heavy (non-hydrogen) atoms. The summed E-state index contributed by atoms with van der Waals surface area (Å²) in [5.74, 6) is -0.222. The molecule has 1 saturated carbocycles. The monoisotopic (exact) mass is 361 g/mol. The molecule has 3 rings (SSSR count). The van der Waals surface area contributed by atoms with Gasteiger partial charge in [0.2, 0.25) is 5.91 Å². The highest BCUT2D eigenvalue weighted by Crippen LogP contribution is 2.34. The first-order valence-electron chi connectivity index (χ1n) is 8.98. The number of amides is 1. The predicted molar refractivity (Wildman–Crippen MR) is 97.2 cm³/mol. The fourth-order valence-corrected chi connectivity index (χ4v) is 3.90. The zero-order valence-corrected chi connectivity index (χ0v) is 15.3. The number of hydrogen-bond acceptors (Lipinski definition) is 3. The lowest BCUT2D eigenvalue weighted by Gasteiger charge is -2.27. The SMILES string of the molecule is CC1=C(C(=O)OCC2CCCCC2)[C@@H](c2ccc(Cl)cc2)CC(=O)N1. The summed E-state index contributed by atoms with van der Waals surface area (Å²) in [6.45, 7) is 2.23. The summed E-state index contributed by atoms with van der Waals surface area (Å²) in [7, 11) is 0. The molecule has 0 aromatic heterocycles. The van der Waals surface area contributed by atoms with Crippen molar-refractivity contribution in [2.24, 2.45) is 5.92 Å². The first-order valence-corrected chi connectivity index (χ1v) is 9.35. The van der Waals surface area contributed by atoms with E-state index in [1.165, 1.54) is 19.3 Å². The van der Waals surface area contributed by atoms with E-state index in [9.17, 15) is 9.59 Å². The number of hydrogen-bond donors (Lipinski definition) is 1. The minimum Gasteiger partial charge on any atom is -0.462 e. The molecule has 1 amide bonds. The van der Waals surface area contributed by atoms with E-state index in [-0.39, 0.29) is 24.2 Å². The molecule has 0 radical (unpaired) electrons. The van der Waals surface area contributed by atoms with Crippen LogP contribution in [0.25, 0.3) is 0 Å². The van der Waals surface area contributed by atoms with E-state index in [1.54, 1.807) is 19.1 Å². The number of benzene rings is 1. The maximum absolute atomic E-state index is 12.8. The third-order valence-corrected chi connectivity index (χ3v) is 5.39. The Morgan fingerprint density at radius 1 is 1.20 bits per heavy atom. The summed E-state index contributed by atoms with van der Waals surface area (Å²) < 4.78 is 5.63. The van der Waals surface area contributed by atoms with Gasteiger partial charge in [0.25, 0.3) is 0 Å². The van der Waals surface area contributed by atoms with Gasteiger partial charge in [-0.15, -0.1) is 0 Å². The maximum atomic E-state index is 12.8. The van der Waals surface area contributed by atoms with Crippen LogP contribution in [0.3, 0.4) is 0 Å². The van der Waals surface area contributed by atoms with Gasteiger partial charge in [-0.3, -0.25) is 4.79 Å². The standard InChI is InChI=1S/C20H24ClNO3/c1-13-19(20(24)25-12-14-5-3-2-4-6-14)17(11-18(23)22-13)15-7-9-16(21)10-8-15/h7-10,14,17H,2-6,11-12H2,1H3,(H,22,23)/t17-/m1/s1. The Labute approximate surface area is 153 Å². The van der Waals surface area contributed by atoms with Crippen LogP contribution in [-0.2, 0) is 14.3 Å². The first kappa shape index (κ1) is 18.0. The Bertz CT molecular complexity index is 675. The van der Waals surface area contributed by atoms with Gasteiger partial charge in [-0.05, 0) is 43.4 Å². The lowest BCUT2D eigenvalue weighted by molar-refractivity contribution is -0.141. The molecule has 5 heteroatoms. The first-order chi connectivity index (χ1) is 12.0. The normalized spacial score (nSPS) is 21.8. The van der Waals surface area contributed by atoms with Gasteiger partial charge in [-0.25, -0.2) is 4.79 Å². The van der Waals surface area contributed by atoms with Gasteiger partial charge < -0.3 is 10.1 Å². The quantitative estimate of drug-likeness (QED) is 0.811. The van der Waals surface area contributed by atoms with Crippen LogP contribution < -0.4 is 5.32 Å². The van der Waals surface area contributed by atoms with E-state index in [2.05, 4.69) is 5.32 Å². The predicted octanol–water partition coefficient (Wildman–Crippen LogP) is 4.34. The Kier molecular flexibility index (Phi) is 5.79. The van der Waals surface area contributed by atoms with Crippen molar-refractivity contribution >= 4 is 23.5 Å². The molecule has 1 aromatic carbocycles. The molecule has 0 unspecified atom stereocenters. The van der Waals surface area contributed by atoms with Gasteiger partial charge in [0.1, 0.15) is 0 Å². The van der Waals surface area contributed by atoms with Crippen molar-refractivity contribution < 1.29 is 14.3 Å². The third kappa shape index (κ3) is 4.43. The van der Waals surface area contributed by atoms with Crippen LogP contribution in [0.4, 0.5) is 0 Å². The van der Waals surface area contributed by atoms with Gasteiger partial charge in [0.15, 0.2) is 0 Å². The molecule has 1 aliphatic carbocycles. The molecule has 1 N–H and O–H groups in total. The average molecular weight is 362 g/mol. The van der Waals surface area contributed by atoms with E-state index in [0.717, 1.165) is 18.4 Å². The topological polar surface area (TPSA) is 55.4 Å². The van der Waals surface area contributed by atoms with Gasteiger partial charge in [0.05, 0.1) is 12.2 Å². The second kappa shape index (κ2) is 8.05. The van der Waals surface area contributed by atoms with Crippen LogP contribution in [0.15, 0.2) is 35.5 Å². The Hall–Kier alpha value is -1.81. The number of ether oxygens (including phenoxy) is 1. The van der Waals surface area contributed by atoms with Crippen LogP contribution in [-0.4, -0.2) is 18.5 Å². The highest BCUT2D eigenvalue weighted by atomic mass is 35.5. The van der Waals surface area contributed by atoms with E-state index < -0.39 is 0 Å². The minimum atomic E-state index is -0.317. The molecular weight excluding hydrogens is 338 g/mol. The summed E-state index contributed by atoms with van der Waals surface area (Å²) >= 11 is 5.96. The minimum absolute atomic E-state index is 0.0821. The maximum Gasteiger partial charge on any atom is 0.336 e. The molecule has 1 aliphatic heterocycles. The summed E-state index contributed by atoms with van der Waals surface area (Å²) in [6, 6.07) is 7.30. The van der Waals surface area contributed by atoms with E-state index >= 15 is 0 Å². The zero-order valence-electron chi connectivity index (χ0n) is 14.5. The van der Waals surface area contributed by atoms with E-state index in [1.807, 2.05) is 12.1 Å². The molecule has 1 heterocycles. The molecule has 2 aliphatic rings. The van der Waals surface area contributed by atoms with Crippen molar-refractivity contribution in [1.82, 2.24) is 5.32 Å². The Morgan fingerprint density at radius 3 is 2.56 bits per heavy atom. The number of carbonyl (C=O) groups excluding carboxylic acids is 2. The smallest absolute Gasteiger partial charge is 0.336 e. The number of carbonyl (C=O) groups is 2. The van der Waals surface area contributed by atoms with Crippen LogP contribution in [0.1, 0.15) is 56.9 Å². The van der Waals surface area contributed by atoms with Gasteiger partial charge in [-0.2, -0.15) is 0 Å². The molecule has 4 nitrogen and oxygen atoms in total. The summed E-state index contributed by atoms with van der Waals surface area (Å²) in [6.07, 6.45) is 6.21. The highest BCUT2D eigenvalue weighted by Gasteiger charge is 2.33. The zero-order chi connectivity index (χ0) is 17.8. The van der Waals surface area contributed by atoms with Gasteiger partial charge in [0, 0.05) is 23.1 Å². The lowest BCUT2D eigenvalue weighted by atomic mass is 9.84. The second-order valence-corrected chi connectivity index (χ2v) is 7.43. The van der Waals surface area contributed by atoms with E-state index in [0.29, 0.717) is 28.8 Å². The molecule has 1 fully saturated rings. The summed E-state index contributed by atoms with van der Waals surface area (Å²) in [5, 5.41) is 3.40. The molecule has 1 atom stereocenters. The number of esters is 1. The average Bonchev–Trinajstić information content (AvgIpc) is 2.60. The van der Waals surface area contributed by atoms with Crippen LogP contribution >= 0.6 is 11.6 Å². The molecule has 0 bridgehead atoms. The number of halogens is 1. The summed E-state index contributed by atoms with van der Waals surface area (Å²) in [4.78, 5) is 24.7. The largest absolute Gasteiger partial charge is 0.462 e. The van der Waals surface area contributed by atoms with Gasteiger partial charge >= 0.3 is 5.97 Å². The van der Waals surface area contributed by atoms with E-state index in [4.69, 9.17) is 16.3 Å². The molecule has 0 spiro atoms. The van der Waals surface area contributed by atoms with Crippen LogP contribution in [0.5, 0.6) is 0 Å². The third-order valence-electron chi connectivity index (χ3n) is 5.14. The van der Waals surface area contributed by atoms with Crippen molar-refractivity contribution in [1.29, 1.82) is 0 Å². The van der Waals surface area contributed by atoms with Crippen molar-refractivity contribution in [2.45, 2.75) is 51.4 Å². The fourth-order valence-electron chi connectivity index (χ4n) is 3.78. The number of rotatable bonds is 4. The van der Waals surface area contributed by atoms with Crippen molar-refractivity contribution in [3.8, 4) is 0 Å². The van der Waals surface area contributed by atoms with Crippen molar-refractivity contribution in [3.63, 3.8) is 0 Å². The number of allylic oxidation sites excluding steroid dienone is 1. The summed E-state index contributed by atoms with van der Waals surface area (Å²) in [5.41, 5.74) is 2.05. The second-order valence-electron chi connectivity index (χ2n) is 7.00. The van der Waals surface area contributed by atoms with Crippen molar-refractivity contribution in [2.75, 3.05) is 6.61 Å². The molecule has 1 aromatic rings. The molecular formula is C20H24ClNO3. The fraction of sp³-hybridized carbons (Fsp3) is 0.500. The number of nitrogens with one attached hydrogen (secondary N) is 1. The Balaban J connectivity index is 1.76. The van der Waals surface area contributed by atoms with Gasteiger partial charge in [-0.1, -0.05) is 43.0 Å². The highest BCUT2D eigenvalue weighted by molar-refractivity contribution is 6.30. The molecule has 134 valence electrons. The van der Waals surface area contributed by atoms with Crippen LogP contribution in [0.2, 0.25) is 5.02 Å². The van der Waals surface area contributed by atoms with Crippen molar-refractivity contribution in [3.05, 3.63) is 46.1 Å². The lowest BCUT2D eigenvalue weighted by Crippen LogP contribution is -2.34. The molecule has 0 saturated heterocycles. The Morgan fingerprint density at radius 2 is 1.88 bits per heavy atom.